The number of hydrogen-bond donors (Lipinski definition) is 1. The number of carboxylic acid groups (broad SMARTS) is 1. The molecule has 0 spiro atoms. The van der Waals surface area contributed by atoms with Crippen LogP contribution in [0.3, 0.4) is 0 Å². The van der Waals surface area contributed by atoms with Gasteiger partial charge >= 0.3 is 11.9 Å². The first-order chi connectivity index (χ1) is 11.6. The maximum atomic E-state index is 12.0. The maximum absolute atomic E-state index is 12.0. The summed E-state index contributed by atoms with van der Waals surface area (Å²) in [5.74, 6) is -0.864. The Morgan fingerprint density at radius 2 is 1.79 bits per heavy atom. The second kappa shape index (κ2) is 8.72. The minimum absolute atomic E-state index is 0.327. The molecule has 0 aliphatic heterocycles. The zero-order valence-corrected chi connectivity index (χ0v) is 13.5. The Morgan fingerprint density at radius 3 is 2.46 bits per heavy atom. The first kappa shape index (κ1) is 17.5. The fourth-order valence-electron chi connectivity index (χ4n) is 2.11. The van der Waals surface area contributed by atoms with Gasteiger partial charge in [-0.1, -0.05) is 37.6 Å². The van der Waals surface area contributed by atoms with E-state index in [2.05, 4.69) is 0 Å². The van der Waals surface area contributed by atoms with Crippen molar-refractivity contribution in [2.24, 2.45) is 0 Å². The van der Waals surface area contributed by atoms with Gasteiger partial charge in [0.05, 0.1) is 12.2 Å². The number of aliphatic carboxylic acids is 1. The molecular formula is C19H20O5. The molecule has 2 rings (SSSR count). The van der Waals surface area contributed by atoms with Gasteiger partial charge in [-0.15, -0.1) is 0 Å². The number of carbonyl (C=O) groups excluding carboxylic acids is 1. The summed E-state index contributed by atoms with van der Waals surface area (Å²) in [6.07, 6.45) is 1.83. The lowest BCUT2D eigenvalue weighted by Crippen LogP contribution is -2.09. The first-order valence-corrected chi connectivity index (χ1v) is 7.82. The molecule has 0 saturated heterocycles. The van der Waals surface area contributed by atoms with Crippen molar-refractivity contribution in [3.8, 4) is 16.9 Å². The van der Waals surface area contributed by atoms with Crippen LogP contribution in [-0.4, -0.2) is 30.3 Å². The zero-order chi connectivity index (χ0) is 17.4. The molecular weight excluding hydrogens is 308 g/mol. The molecule has 0 aromatic heterocycles. The van der Waals surface area contributed by atoms with Crippen molar-refractivity contribution in [2.45, 2.75) is 19.8 Å². The topological polar surface area (TPSA) is 72.8 Å². The van der Waals surface area contributed by atoms with Gasteiger partial charge < -0.3 is 14.6 Å². The zero-order valence-electron chi connectivity index (χ0n) is 13.5. The lowest BCUT2D eigenvalue weighted by Gasteiger charge is -2.08. The summed E-state index contributed by atoms with van der Waals surface area (Å²) in [5.41, 5.74) is 2.29. The lowest BCUT2D eigenvalue weighted by molar-refractivity contribution is -0.139. The predicted octanol–water partition coefficient (Wildman–Crippen LogP) is 3.77. The van der Waals surface area contributed by atoms with Gasteiger partial charge in [-0.05, 0) is 41.8 Å². The SMILES string of the molecule is CCCCOC(=O)c1cccc(-c2ccc(OCC(=O)O)cc2)c1. The van der Waals surface area contributed by atoms with Crippen LogP contribution in [0.5, 0.6) is 5.75 Å². The van der Waals surface area contributed by atoms with Crippen LogP contribution in [0.4, 0.5) is 0 Å². The van der Waals surface area contributed by atoms with Gasteiger partial charge in [0.25, 0.3) is 0 Å². The van der Waals surface area contributed by atoms with E-state index in [-0.39, 0.29) is 12.6 Å². The van der Waals surface area contributed by atoms with E-state index >= 15 is 0 Å². The molecule has 0 saturated carbocycles. The number of carbonyl (C=O) groups is 2. The fourth-order valence-corrected chi connectivity index (χ4v) is 2.11. The lowest BCUT2D eigenvalue weighted by atomic mass is 10.0. The normalized spacial score (nSPS) is 10.2. The Hall–Kier alpha value is -2.82. The molecule has 24 heavy (non-hydrogen) atoms. The minimum atomic E-state index is -1.02. The molecule has 5 nitrogen and oxygen atoms in total. The number of carboxylic acids is 1. The number of rotatable bonds is 8. The molecule has 2 aromatic rings. The van der Waals surface area contributed by atoms with Gasteiger partial charge in [0.15, 0.2) is 6.61 Å². The fraction of sp³-hybridized carbons (Fsp3) is 0.263. The number of ether oxygens (including phenoxy) is 2. The number of hydrogen-bond acceptors (Lipinski definition) is 4. The monoisotopic (exact) mass is 328 g/mol. The summed E-state index contributed by atoms with van der Waals surface area (Å²) in [7, 11) is 0. The highest BCUT2D eigenvalue weighted by molar-refractivity contribution is 5.91. The van der Waals surface area contributed by atoms with E-state index in [1.807, 2.05) is 25.1 Å². The Bertz CT molecular complexity index is 691. The average molecular weight is 328 g/mol. The molecule has 0 fully saturated rings. The Kier molecular flexibility index (Phi) is 6.37. The first-order valence-electron chi connectivity index (χ1n) is 7.82. The van der Waals surface area contributed by atoms with Gasteiger partial charge in [-0.2, -0.15) is 0 Å². The highest BCUT2D eigenvalue weighted by atomic mass is 16.5. The van der Waals surface area contributed by atoms with Crippen molar-refractivity contribution in [1.82, 2.24) is 0 Å². The summed E-state index contributed by atoms with van der Waals surface area (Å²) in [6.45, 7) is 2.09. The van der Waals surface area contributed by atoms with E-state index in [0.29, 0.717) is 17.9 Å². The van der Waals surface area contributed by atoms with Crippen LogP contribution in [0.2, 0.25) is 0 Å². The highest BCUT2D eigenvalue weighted by Crippen LogP contribution is 2.23. The van der Waals surface area contributed by atoms with Crippen LogP contribution in [0.1, 0.15) is 30.1 Å². The summed E-state index contributed by atoms with van der Waals surface area (Å²) < 4.78 is 10.3. The van der Waals surface area contributed by atoms with E-state index < -0.39 is 5.97 Å². The molecule has 0 aliphatic rings. The maximum Gasteiger partial charge on any atom is 0.341 e. The summed E-state index contributed by atoms with van der Waals surface area (Å²) in [5, 5.41) is 8.60. The standard InChI is InChI=1S/C19H20O5/c1-2-3-11-23-19(22)16-6-4-5-15(12-16)14-7-9-17(10-8-14)24-13-18(20)21/h4-10,12H,2-3,11,13H2,1H3,(H,20,21). The second-order valence-electron chi connectivity index (χ2n) is 5.28. The molecule has 0 atom stereocenters. The van der Waals surface area contributed by atoms with Crippen molar-refractivity contribution >= 4 is 11.9 Å². The van der Waals surface area contributed by atoms with Crippen LogP contribution in [0, 0.1) is 0 Å². The predicted molar refractivity (Wildman–Crippen MR) is 90.2 cm³/mol. The van der Waals surface area contributed by atoms with E-state index in [1.165, 1.54) is 0 Å². The molecule has 0 heterocycles. The average Bonchev–Trinajstić information content (AvgIpc) is 2.60. The number of benzene rings is 2. The van der Waals surface area contributed by atoms with Crippen molar-refractivity contribution in [3.05, 3.63) is 54.1 Å². The van der Waals surface area contributed by atoms with Gasteiger partial charge in [0, 0.05) is 0 Å². The molecule has 0 radical (unpaired) electrons. The van der Waals surface area contributed by atoms with Crippen molar-refractivity contribution in [1.29, 1.82) is 0 Å². The smallest absolute Gasteiger partial charge is 0.341 e. The van der Waals surface area contributed by atoms with Crippen LogP contribution < -0.4 is 4.74 Å². The highest BCUT2D eigenvalue weighted by Gasteiger charge is 2.08. The third-order valence-electron chi connectivity index (χ3n) is 3.38. The van der Waals surface area contributed by atoms with E-state index in [0.717, 1.165) is 24.0 Å². The van der Waals surface area contributed by atoms with Gasteiger partial charge in [-0.3, -0.25) is 0 Å². The Morgan fingerprint density at radius 1 is 1.04 bits per heavy atom. The summed E-state index contributed by atoms with van der Waals surface area (Å²) in [4.78, 5) is 22.5. The molecule has 2 aromatic carbocycles. The Labute approximate surface area is 140 Å². The van der Waals surface area contributed by atoms with Gasteiger partial charge in [0.1, 0.15) is 5.75 Å². The second-order valence-corrected chi connectivity index (χ2v) is 5.28. The summed E-state index contributed by atoms with van der Waals surface area (Å²) in [6, 6.07) is 14.2. The van der Waals surface area contributed by atoms with Crippen molar-refractivity contribution < 1.29 is 24.2 Å². The number of unbranched alkanes of at least 4 members (excludes halogenated alkanes) is 1. The van der Waals surface area contributed by atoms with Crippen LogP contribution in [0.25, 0.3) is 11.1 Å². The molecule has 0 amide bonds. The molecule has 0 aliphatic carbocycles. The molecule has 126 valence electrons. The van der Waals surface area contributed by atoms with Crippen molar-refractivity contribution in [3.63, 3.8) is 0 Å². The van der Waals surface area contributed by atoms with Gasteiger partial charge in [-0.25, -0.2) is 9.59 Å². The molecule has 1 N–H and O–H groups in total. The quantitative estimate of drug-likeness (QED) is 0.590. The molecule has 0 bridgehead atoms. The summed E-state index contributed by atoms with van der Waals surface area (Å²) >= 11 is 0. The van der Waals surface area contributed by atoms with E-state index in [9.17, 15) is 9.59 Å². The van der Waals surface area contributed by atoms with Crippen LogP contribution >= 0.6 is 0 Å². The third kappa shape index (κ3) is 5.12. The van der Waals surface area contributed by atoms with Crippen LogP contribution in [-0.2, 0) is 9.53 Å². The van der Waals surface area contributed by atoms with Crippen LogP contribution in [0.15, 0.2) is 48.5 Å². The van der Waals surface area contributed by atoms with E-state index in [4.69, 9.17) is 14.6 Å². The molecule has 0 unspecified atom stereocenters. The minimum Gasteiger partial charge on any atom is -0.482 e. The number of esters is 1. The van der Waals surface area contributed by atoms with E-state index in [1.54, 1.807) is 30.3 Å². The largest absolute Gasteiger partial charge is 0.482 e. The molecule has 5 heteroatoms. The van der Waals surface area contributed by atoms with Crippen molar-refractivity contribution in [2.75, 3.05) is 13.2 Å². The Balaban J connectivity index is 2.07. The van der Waals surface area contributed by atoms with Gasteiger partial charge in [0.2, 0.25) is 0 Å². The third-order valence-corrected chi connectivity index (χ3v) is 3.38.